The zero-order chi connectivity index (χ0) is 15.9. The van der Waals surface area contributed by atoms with Crippen molar-refractivity contribution in [2.45, 2.75) is 39.2 Å². The number of aromatic nitrogens is 2. The summed E-state index contributed by atoms with van der Waals surface area (Å²) in [5.41, 5.74) is -0.624. The first-order valence-electron chi connectivity index (χ1n) is 7.34. The summed E-state index contributed by atoms with van der Waals surface area (Å²) in [5, 5.41) is 12.4. The van der Waals surface area contributed by atoms with E-state index in [0.717, 1.165) is 24.1 Å². The number of nitrogens with one attached hydrogen (secondary N) is 1. The van der Waals surface area contributed by atoms with E-state index < -0.39 is 5.91 Å². The second kappa shape index (κ2) is 5.48. The lowest BCUT2D eigenvalue weighted by Gasteiger charge is -2.29. The van der Waals surface area contributed by atoms with Gasteiger partial charge < -0.3 is 10.4 Å². The van der Waals surface area contributed by atoms with Crippen molar-refractivity contribution in [3.05, 3.63) is 33.2 Å². The number of rotatable bonds is 3. The quantitative estimate of drug-likeness (QED) is 0.894. The van der Waals surface area contributed by atoms with Gasteiger partial charge in [-0.2, -0.15) is 0 Å². The molecule has 1 saturated carbocycles. The Hall–Kier alpha value is -1.73. The largest absolute Gasteiger partial charge is 0.396 e. The highest BCUT2D eigenvalue weighted by Crippen LogP contribution is 2.37. The lowest BCUT2D eigenvalue weighted by molar-refractivity contribution is 0.0828. The Morgan fingerprint density at radius 1 is 1.64 bits per heavy atom. The van der Waals surface area contributed by atoms with Crippen molar-refractivity contribution < 1.29 is 9.90 Å². The average Bonchev–Trinajstić information content (AvgIpc) is 3.03. The number of hydrogen-bond donors (Lipinski definition) is 2. The molecule has 2 aromatic rings. The maximum atomic E-state index is 12.4. The Labute approximate surface area is 131 Å². The molecular weight excluding hydrogens is 302 g/mol. The first-order chi connectivity index (χ1) is 10.4. The smallest absolute Gasteiger partial charge is 0.271 e. The molecule has 2 unspecified atom stereocenters. The Morgan fingerprint density at radius 2 is 2.41 bits per heavy atom. The third-order valence-electron chi connectivity index (χ3n) is 4.52. The molecule has 22 heavy (non-hydrogen) atoms. The maximum Gasteiger partial charge on any atom is 0.271 e. The molecule has 0 aromatic carbocycles. The molecule has 7 heteroatoms. The van der Waals surface area contributed by atoms with Crippen molar-refractivity contribution in [2.24, 2.45) is 5.41 Å². The van der Waals surface area contributed by atoms with E-state index in [9.17, 15) is 14.7 Å². The van der Waals surface area contributed by atoms with Gasteiger partial charge in [-0.1, -0.05) is 13.3 Å². The molecule has 6 nitrogen and oxygen atoms in total. The van der Waals surface area contributed by atoms with Crippen LogP contribution < -0.4 is 10.9 Å². The van der Waals surface area contributed by atoms with Crippen molar-refractivity contribution in [3.63, 3.8) is 0 Å². The van der Waals surface area contributed by atoms with Crippen LogP contribution in [0.4, 0.5) is 0 Å². The van der Waals surface area contributed by atoms with Gasteiger partial charge in [0, 0.05) is 28.7 Å². The molecule has 2 aromatic heterocycles. The summed E-state index contributed by atoms with van der Waals surface area (Å²) in [4.78, 5) is 30.6. The lowest BCUT2D eigenvalue weighted by Crippen LogP contribution is -2.46. The molecule has 3 rings (SSSR count). The fourth-order valence-electron chi connectivity index (χ4n) is 3.06. The predicted molar refractivity (Wildman–Crippen MR) is 84.4 cm³/mol. The summed E-state index contributed by atoms with van der Waals surface area (Å²) < 4.78 is 1.41. The number of aryl methyl sites for hydroxylation is 1. The van der Waals surface area contributed by atoms with Gasteiger partial charge in [0.1, 0.15) is 5.56 Å². The number of hydrogen-bond acceptors (Lipinski definition) is 5. The van der Waals surface area contributed by atoms with E-state index in [2.05, 4.69) is 10.3 Å². The zero-order valence-corrected chi connectivity index (χ0v) is 13.4. The third kappa shape index (κ3) is 2.44. The molecule has 2 N–H and O–H groups in total. The summed E-state index contributed by atoms with van der Waals surface area (Å²) in [6.45, 7) is 3.88. The second-order valence-corrected chi connectivity index (χ2v) is 7.42. The third-order valence-corrected chi connectivity index (χ3v) is 5.43. The molecule has 0 spiro atoms. The Kier molecular flexibility index (Phi) is 3.78. The number of carbonyl (C=O) groups excluding carboxylic acids is 1. The van der Waals surface area contributed by atoms with E-state index in [-0.39, 0.29) is 29.2 Å². The van der Waals surface area contributed by atoms with Gasteiger partial charge in [-0.25, -0.2) is 4.98 Å². The molecule has 0 bridgehead atoms. The van der Waals surface area contributed by atoms with Gasteiger partial charge in [0.2, 0.25) is 0 Å². The van der Waals surface area contributed by atoms with E-state index in [1.54, 1.807) is 6.20 Å². The van der Waals surface area contributed by atoms with Crippen LogP contribution >= 0.6 is 11.3 Å². The van der Waals surface area contributed by atoms with E-state index >= 15 is 0 Å². The topological polar surface area (TPSA) is 83.7 Å². The Balaban J connectivity index is 1.89. The molecule has 0 radical (unpaired) electrons. The van der Waals surface area contributed by atoms with Gasteiger partial charge in [0.15, 0.2) is 4.96 Å². The van der Waals surface area contributed by atoms with E-state index in [1.807, 2.05) is 13.8 Å². The molecule has 2 atom stereocenters. The molecule has 0 saturated heterocycles. The molecule has 1 aliphatic carbocycles. The van der Waals surface area contributed by atoms with Gasteiger partial charge in [0.05, 0.1) is 6.61 Å². The molecule has 1 amide bonds. The van der Waals surface area contributed by atoms with Crippen LogP contribution in [0.15, 0.2) is 17.2 Å². The SMILES string of the molecule is Cc1cn2c(=O)c(C(=O)NC3CCCC3(C)CO)cnc2s1. The van der Waals surface area contributed by atoms with Crippen molar-refractivity contribution in [1.82, 2.24) is 14.7 Å². The fraction of sp³-hybridized carbons (Fsp3) is 0.533. The van der Waals surface area contributed by atoms with Crippen LogP contribution in [0, 0.1) is 12.3 Å². The summed E-state index contributed by atoms with van der Waals surface area (Å²) in [5.74, 6) is -0.415. The number of carbonyl (C=O) groups is 1. The van der Waals surface area contributed by atoms with Crippen molar-refractivity contribution in [1.29, 1.82) is 0 Å². The Morgan fingerprint density at radius 3 is 3.14 bits per heavy atom. The molecular formula is C15H19N3O3S. The highest BCUT2D eigenvalue weighted by Gasteiger charge is 2.39. The minimum absolute atomic E-state index is 0.0257. The van der Waals surface area contributed by atoms with Gasteiger partial charge in [-0.3, -0.25) is 14.0 Å². The number of aliphatic hydroxyl groups excluding tert-OH is 1. The molecule has 1 fully saturated rings. The standard InChI is InChI=1S/C15H19N3O3S/c1-9-7-18-13(21)10(6-16-14(18)22-9)12(20)17-11-4-3-5-15(11,2)8-19/h6-7,11,19H,3-5,8H2,1-2H3,(H,17,20). The number of nitrogens with zero attached hydrogens (tertiary/aromatic N) is 2. The Bertz CT molecular complexity index is 782. The zero-order valence-electron chi connectivity index (χ0n) is 12.6. The van der Waals surface area contributed by atoms with Gasteiger partial charge in [-0.15, -0.1) is 11.3 Å². The molecule has 0 aliphatic heterocycles. The maximum absolute atomic E-state index is 12.4. The van der Waals surface area contributed by atoms with Crippen LogP contribution in [0.1, 0.15) is 41.4 Å². The van der Waals surface area contributed by atoms with Gasteiger partial charge in [0.25, 0.3) is 11.5 Å². The number of fused-ring (bicyclic) bond motifs is 1. The molecule has 118 valence electrons. The van der Waals surface area contributed by atoms with Crippen LogP contribution in [0.3, 0.4) is 0 Å². The summed E-state index contributed by atoms with van der Waals surface area (Å²) in [6.07, 6.45) is 5.68. The monoisotopic (exact) mass is 321 g/mol. The molecule has 2 heterocycles. The van der Waals surface area contributed by atoms with Crippen LogP contribution in [0.2, 0.25) is 0 Å². The number of aliphatic hydroxyl groups is 1. The van der Waals surface area contributed by atoms with Gasteiger partial charge >= 0.3 is 0 Å². The minimum atomic E-state index is -0.415. The van der Waals surface area contributed by atoms with Crippen LogP contribution in [0.5, 0.6) is 0 Å². The van der Waals surface area contributed by atoms with Crippen LogP contribution in [0.25, 0.3) is 4.96 Å². The number of amides is 1. The predicted octanol–water partition coefficient (Wildman–Crippen LogP) is 1.35. The van der Waals surface area contributed by atoms with Crippen molar-refractivity contribution >= 4 is 22.2 Å². The van der Waals surface area contributed by atoms with Crippen molar-refractivity contribution in [3.8, 4) is 0 Å². The highest BCUT2D eigenvalue weighted by molar-refractivity contribution is 7.16. The van der Waals surface area contributed by atoms with E-state index in [1.165, 1.54) is 21.9 Å². The first-order valence-corrected chi connectivity index (χ1v) is 8.16. The van der Waals surface area contributed by atoms with Crippen molar-refractivity contribution in [2.75, 3.05) is 6.61 Å². The van der Waals surface area contributed by atoms with Crippen LogP contribution in [-0.2, 0) is 0 Å². The second-order valence-electron chi connectivity index (χ2n) is 6.20. The van der Waals surface area contributed by atoms with E-state index in [4.69, 9.17) is 0 Å². The molecule has 1 aliphatic rings. The van der Waals surface area contributed by atoms with Crippen LogP contribution in [-0.4, -0.2) is 33.0 Å². The first kappa shape index (κ1) is 15.2. The summed E-state index contributed by atoms with van der Waals surface area (Å²) in [6, 6.07) is -0.116. The minimum Gasteiger partial charge on any atom is -0.396 e. The van der Waals surface area contributed by atoms with Gasteiger partial charge in [-0.05, 0) is 19.8 Å². The fourth-order valence-corrected chi connectivity index (χ4v) is 3.84. The summed E-state index contributed by atoms with van der Waals surface area (Å²) >= 11 is 1.41. The normalized spacial score (nSPS) is 24.8. The number of thiazole rings is 1. The lowest BCUT2D eigenvalue weighted by atomic mass is 9.85. The van der Waals surface area contributed by atoms with E-state index in [0.29, 0.717) is 4.96 Å². The average molecular weight is 321 g/mol. The highest BCUT2D eigenvalue weighted by atomic mass is 32.1. The summed E-state index contributed by atoms with van der Waals surface area (Å²) in [7, 11) is 0.